The summed E-state index contributed by atoms with van der Waals surface area (Å²) < 4.78 is 22.9. The molecule has 16 heavy (non-hydrogen) atoms. The summed E-state index contributed by atoms with van der Waals surface area (Å²) in [6, 6.07) is 4.98. The molecule has 0 saturated heterocycles. The third-order valence-electron chi connectivity index (χ3n) is 2.13. The number of carbonyl (C=O) groups is 1. The first-order chi connectivity index (χ1) is 7.56. The van der Waals surface area contributed by atoms with Gasteiger partial charge in [-0.3, -0.25) is 4.79 Å². The predicted molar refractivity (Wildman–Crippen MR) is 56.5 cm³/mol. The van der Waals surface area contributed by atoms with E-state index < -0.39 is 23.9 Å². The quantitative estimate of drug-likeness (QED) is 0.782. The Kier molecular flexibility index (Phi) is 4.25. The van der Waals surface area contributed by atoms with Crippen molar-refractivity contribution in [3.8, 4) is 5.75 Å². The molecule has 0 aliphatic heterocycles. The molecule has 0 spiro atoms. The van der Waals surface area contributed by atoms with Crippen LogP contribution in [0.5, 0.6) is 5.75 Å². The molecule has 88 valence electrons. The number of esters is 1. The molecule has 0 saturated carbocycles. The van der Waals surface area contributed by atoms with Crippen LogP contribution < -0.4 is 10.5 Å². The van der Waals surface area contributed by atoms with Crippen molar-refractivity contribution in [3.05, 3.63) is 30.1 Å². The van der Waals surface area contributed by atoms with Crippen LogP contribution in [-0.2, 0) is 9.53 Å². The highest BCUT2D eigenvalue weighted by atomic mass is 19.1. The van der Waals surface area contributed by atoms with Crippen LogP contribution in [0.3, 0.4) is 0 Å². The number of methoxy groups -OCH3 is 1. The molecule has 0 aliphatic carbocycles. The van der Waals surface area contributed by atoms with Gasteiger partial charge in [0.05, 0.1) is 7.11 Å². The molecule has 2 atom stereocenters. The molecule has 0 fully saturated rings. The van der Waals surface area contributed by atoms with Crippen molar-refractivity contribution in [2.24, 2.45) is 5.73 Å². The van der Waals surface area contributed by atoms with Gasteiger partial charge in [0.2, 0.25) is 0 Å². The van der Waals surface area contributed by atoms with Crippen molar-refractivity contribution in [1.82, 2.24) is 0 Å². The molecule has 1 aromatic carbocycles. The van der Waals surface area contributed by atoms with E-state index >= 15 is 0 Å². The molecule has 5 heteroatoms. The van der Waals surface area contributed by atoms with Gasteiger partial charge < -0.3 is 15.2 Å². The van der Waals surface area contributed by atoms with Crippen LogP contribution in [0.1, 0.15) is 6.92 Å². The Morgan fingerprint density at radius 2 is 2.06 bits per heavy atom. The number of halogens is 1. The highest BCUT2D eigenvalue weighted by Crippen LogP contribution is 2.17. The van der Waals surface area contributed by atoms with Gasteiger partial charge in [0.15, 0.2) is 11.6 Å². The zero-order valence-corrected chi connectivity index (χ0v) is 9.14. The number of nitrogens with two attached hydrogens (primary N) is 1. The van der Waals surface area contributed by atoms with Gasteiger partial charge in [0, 0.05) is 0 Å². The van der Waals surface area contributed by atoms with Crippen LogP contribution in [0, 0.1) is 5.82 Å². The molecule has 0 heterocycles. The molecule has 0 aliphatic rings. The minimum atomic E-state index is -0.940. The number of para-hydroxylation sites is 1. The summed E-state index contributed by atoms with van der Waals surface area (Å²) in [4.78, 5) is 11.1. The maximum Gasteiger partial charge on any atom is 0.326 e. The Morgan fingerprint density at radius 1 is 1.44 bits per heavy atom. The Morgan fingerprint density at radius 3 is 2.62 bits per heavy atom. The SMILES string of the molecule is COC(=O)[C@@H](N)[C@@H](C)Oc1ccccc1F. The van der Waals surface area contributed by atoms with Crippen LogP contribution in [0.25, 0.3) is 0 Å². The molecule has 0 aromatic heterocycles. The minimum Gasteiger partial charge on any atom is -0.485 e. The average Bonchev–Trinajstić information content (AvgIpc) is 2.30. The van der Waals surface area contributed by atoms with Crippen LogP contribution in [0.2, 0.25) is 0 Å². The fourth-order valence-corrected chi connectivity index (χ4v) is 1.14. The molecule has 4 nitrogen and oxygen atoms in total. The van der Waals surface area contributed by atoms with Crippen molar-refractivity contribution >= 4 is 5.97 Å². The van der Waals surface area contributed by atoms with Gasteiger partial charge in [-0.05, 0) is 19.1 Å². The molecule has 0 amide bonds. The molecule has 0 unspecified atom stereocenters. The second-order valence-corrected chi connectivity index (χ2v) is 3.30. The van der Waals surface area contributed by atoms with Gasteiger partial charge in [-0.2, -0.15) is 0 Å². The smallest absolute Gasteiger partial charge is 0.326 e. The van der Waals surface area contributed by atoms with Crippen molar-refractivity contribution in [2.75, 3.05) is 7.11 Å². The lowest BCUT2D eigenvalue weighted by molar-refractivity contribution is -0.144. The van der Waals surface area contributed by atoms with E-state index in [0.29, 0.717) is 0 Å². The van der Waals surface area contributed by atoms with Gasteiger partial charge in [0.25, 0.3) is 0 Å². The summed E-state index contributed by atoms with van der Waals surface area (Å²) in [5, 5.41) is 0. The number of hydrogen-bond donors (Lipinski definition) is 1. The standard InChI is InChI=1S/C11H14FNO3/c1-7(10(13)11(14)15-2)16-9-6-4-3-5-8(9)12/h3-7,10H,13H2,1-2H3/t7-,10+/m1/s1. The first kappa shape index (κ1) is 12.4. The summed E-state index contributed by atoms with van der Waals surface area (Å²) in [5.41, 5.74) is 5.55. The van der Waals surface area contributed by atoms with E-state index in [1.54, 1.807) is 19.1 Å². The lowest BCUT2D eigenvalue weighted by Crippen LogP contribution is -2.44. The van der Waals surface area contributed by atoms with E-state index in [0.717, 1.165) is 0 Å². The summed E-state index contributed by atoms with van der Waals surface area (Å²) in [5.74, 6) is -1.02. The highest BCUT2D eigenvalue weighted by Gasteiger charge is 2.23. The van der Waals surface area contributed by atoms with E-state index in [-0.39, 0.29) is 5.75 Å². The lowest BCUT2D eigenvalue weighted by Gasteiger charge is -2.19. The predicted octanol–water partition coefficient (Wildman–Crippen LogP) is 1.09. The van der Waals surface area contributed by atoms with E-state index in [2.05, 4.69) is 4.74 Å². The number of rotatable bonds is 4. The summed E-state index contributed by atoms with van der Waals surface area (Å²) >= 11 is 0. The molecule has 2 N–H and O–H groups in total. The van der Waals surface area contributed by atoms with E-state index in [1.807, 2.05) is 0 Å². The third kappa shape index (κ3) is 2.93. The minimum absolute atomic E-state index is 0.0642. The number of ether oxygens (including phenoxy) is 2. The topological polar surface area (TPSA) is 61.5 Å². The summed E-state index contributed by atoms with van der Waals surface area (Å²) in [7, 11) is 1.23. The molecule has 1 aromatic rings. The lowest BCUT2D eigenvalue weighted by atomic mass is 10.2. The Hall–Kier alpha value is -1.62. The number of carbonyl (C=O) groups excluding carboxylic acids is 1. The summed E-state index contributed by atoms with van der Waals surface area (Å²) in [6.45, 7) is 1.58. The third-order valence-corrected chi connectivity index (χ3v) is 2.13. The van der Waals surface area contributed by atoms with Gasteiger partial charge in [-0.1, -0.05) is 12.1 Å². The van der Waals surface area contributed by atoms with Crippen LogP contribution in [0.15, 0.2) is 24.3 Å². The monoisotopic (exact) mass is 227 g/mol. The Bertz CT molecular complexity index is 370. The molecular weight excluding hydrogens is 213 g/mol. The van der Waals surface area contributed by atoms with E-state index in [1.165, 1.54) is 19.2 Å². The zero-order valence-electron chi connectivity index (χ0n) is 9.14. The van der Waals surface area contributed by atoms with Crippen LogP contribution in [0.4, 0.5) is 4.39 Å². The fourth-order valence-electron chi connectivity index (χ4n) is 1.14. The Balaban J connectivity index is 2.68. The zero-order chi connectivity index (χ0) is 12.1. The van der Waals surface area contributed by atoms with Gasteiger partial charge in [-0.25, -0.2) is 4.39 Å². The van der Waals surface area contributed by atoms with E-state index in [9.17, 15) is 9.18 Å². The first-order valence-corrected chi connectivity index (χ1v) is 4.81. The van der Waals surface area contributed by atoms with Crippen molar-refractivity contribution in [1.29, 1.82) is 0 Å². The van der Waals surface area contributed by atoms with Crippen molar-refractivity contribution in [3.63, 3.8) is 0 Å². The highest BCUT2D eigenvalue weighted by molar-refractivity contribution is 5.76. The second kappa shape index (κ2) is 5.46. The fraction of sp³-hybridized carbons (Fsp3) is 0.364. The van der Waals surface area contributed by atoms with Gasteiger partial charge in [0.1, 0.15) is 12.1 Å². The molecule has 0 bridgehead atoms. The number of benzene rings is 1. The molecule has 0 radical (unpaired) electrons. The van der Waals surface area contributed by atoms with Crippen molar-refractivity contribution < 1.29 is 18.7 Å². The largest absolute Gasteiger partial charge is 0.485 e. The first-order valence-electron chi connectivity index (χ1n) is 4.81. The van der Waals surface area contributed by atoms with Crippen LogP contribution >= 0.6 is 0 Å². The van der Waals surface area contributed by atoms with Crippen LogP contribution in [-0.4, -0.2) is 25.2 Å². The summed E-state index contributed by atoms with van der Waals surface area (Å²) in [6.07, 6.45) is -0.663. The Labute approximate surface area is 93.2 Å². The second-order valence-electron chi connectivity index (χ2n) is 3.30. The van der Waals surface area contributed by atoms with Gasteiger partial charge >= 0.3 is 5.97 Å². The maximum atomic E-state index is 13.2. The van der Waals surface area contributed by atoms with Crippen molar-refractivity contribution in [2.45, 2.75) is 19.1 Å². The molecular formula is C11H14FNO3. The van der Waals surface area contributed by atoms with Gasteiger partial charge in [-0.15, -0.1) is 0 Å². The number of hydrogen-bond acceptors (Lipinski definition) is 4. The normalized spacial score (nSPS) is 14.0. The van der Waals surface area contributed by atoms with E-state index in [4.69, 9.17) is 10.5 Å². The maximum absolute atomic E-state index is 13.2. The molecule has 1 rings (SSSR count). The average molecular weight is 227 g/mol.